The summed E-state index contributed by atoms with van der Waals surface area (Å²) >= 11 is 1.69. The van der Waals surface area contributed by atoms with E-state index in [1.807, 2.05) is 25.2 Å². The van der Waals surface area contributed by atoms with Gasteiger partial charge in [-0.25, -0.2) is 0 Å². The molecular formula is C21H29FN4S. The van der Waals surface area contributed by atoms with Crippen molar-refractivity contribution in [3.63, 3.8) is 0 Å². The van der Waals surface area contributed by atoms with E-state index in [1.165, 1.54) is 25.9 Å². The predicted octanol–water partition coefficient (Wildman–Crippen LogP) is 5.43. The van der Waals surface area contributed by atoms with E-state index >= 15 is 0 Å². The molecule has 3 heterocycles. The smallest absolute Gasteiger partial charge is 0.131 e. The van der Waals surface area contributed by atoms with Gasteiger partial charge in [-0.15, -0.1) is 11.3 Å². The second-order valence-electron chi connectivity index (χ2n) is 7.22. The number of halogens is 1. The van der Waals surface area contributed by atoms with E-state index < -0.39 is 0 Å². The van der Waals surface area contributed by atoms with E-state index in [0.717, 1.165) is 33.5 Å². The van der Waals surface area contributed by atoms with Gasteiger partial charge in [-0.05, 0) is 69.9 Å². The third-order valence-electron chi connectivity index (χ3n) is 5.02. The van der Waals surface area contributed by atoms with Crippen LogP contribution in [0.1, 0.15) is 35.9 Å². The van der Waals surface area contributed by atoms with Crippen molar-refractivity contribution in [1.82, 2.24) is 9.80 Å². The minimum absolute atomic E-state index is 0.329. The summed E-state index contributed by atoms with van der Waals surface area (Å²) in [5.74, 6) is 0.732. The zero-order chi connectivity index (χ0) is 19.1. The Kier molecular flexibility index (Phi) is 7.35. The molecule has 146 valence electrons. The van der Waals surface area contributed by atoms with Crippen molar-refractivity contribution >= 4 is 22.6 Å². The van der Waals surface area contributed by atoms with Crippen molar-refractivity contribution in [3.8, 4) is 0 Å². The molecule has 0 saturated carbocycles. The first kappa shape index (κ1) is 20.0. The number of hydrogen-bond donors (Lipinski definition) is 0. The van der Waals surface area contributed by atoms with E-state index in [9.17, 15) is 4.39 Å². The maximum absolute atomic E-state index is 12.6. The molecule has 0 unspecified atom stereocenters. The molecule has 0 aromatic carbocycles. The summed E-state index contributed by atoms with van der Waals surface area (Å²) in [6.45, 7) is 5.72. The standard InChI is InChI=1S/C21H29FN4S/c1-3-5-18(6-4-11-22)20-7-8-21(27-20)19-15-26(16-23-24-19)14-17-9-12-25(2)13-10-17/h3,5-8,15,17H,4,9-14,16H2,1-2H3/b5-3-,18-6+. The van der Waals surface area contributed by atoms with Gasteiger partial charge in [-0.1, -0.05) is 18.2 Å². The van der Waals surface area contributed by atoms with Gasteiger partial charge in [-0.2, -0.15) is 10.2 Å². The molecule has 1 aromatic heterocycles. The lowest BCUT2D eigenvalue weighted by Gasteiger charge is -2.32. The number of piperidine rings is 1. The average Bonchev–Trinajstić information content (AvgIpc) is 3.17. The van der Waals surface area contributed by atoms with Gasteiger partial charge in [0.25, 0.3) is 0 Å². The summed E-state index contributed by atoms with van der Waals surface area (Å²) in [5, 5.41) is 8.72. The van der Waals surface area contributed by atoms with Gasteiger partial charge < -0.3 is 9.80 Å². The fourth-order valence-corrected chi connectivity index (χ4v) is 4.48. The number of thiophene rings is 1. The van der Waals surface area contributed by atoms with Crippen LogP contribution in [0.25, 0.3) is 11.3 Å². The first-order valence-electron chi connectivity index (χ1n) is 9.71. The molecule has 0 spiro atoms. The lowest BCUT2D eigenvalue weighted by atomic mass is 9.97. The molecule has 1 saturated heterocycles. The maximum Gasteiger partial charge on any atom is 0.131 e. The number of nitrogens with zero attached hydrogens (tertiary/aromatic N) is 4. The van der Waals surface area contributed by atoms with Gasteiger partial charge in [0, 0.05) is 17.6 Å². The Labute approximate surface area is 165 Å². The van der Waals surface area contributed by atoms with Crippen LogP contribution in [0.3, 0.4) is 0 Å². The molecule has 1 aromatic rings. The molecule has 2 aliphatic heterocycles. The van der Waals surface area contributed by atoms with Crippen molar-refractivity contribution in [2.45, 2.75) is 26.2 Å². The largest absolute Gasteiger partial charge is 0.354 e. The Morgan fingerprint density at radius 3 is 2.89 bits per heavy atom. The molecule has 0 N–H and O–H groups in total. The number of allylic oxidation sites excluding steroid dienone is 4. The number of alkyl halides is 1. The third-order valence-corrected chi connectivity index (χ3v) is 6.18. The van der Waals surface area contributed by atoms with Crippen LogP contribution in [0, 0.1) is 5.92 Å². The molecule has 2 aliphatic rings. The van der Waals surface area contributed by atoms with Gasteiger partial charge >= 0.3 is 0 Å². The highest BCUT2D eigenvalue weighted by Crippen LogP contribution is 2.32. The monoisotopic (exact) mass is 388 g/mol. The summed E-state index contributed by atoms with van der Waals surface area (Å²) < 4.78 is 12.6. The second kappa shape index (κ2) is 9.95. The minimum Gasteiger partial charge on any atom is -0.354 e. The maximum atomic E-state index is 12.6. The molecule has 3 rings (SSSR count). The van der Waals surface area contributed by atoms with Crippen molar-refractivity contribution < 1.29 is 4.39 Å². The fourth-order valence-electron chi connectivity index (χ4n) is 3.50. The van der Waals surface area contributed by atoms with E-state index in [-0.39, 0.29) is 6.67 Å². The summed E-state index contributed by atoms with van der Waals surface area (Å²) in [6.07, 6.45) is 11.1. The van der Waals surface area contributed by atoms with Crippen LogP contribution < -0.4 is 0 Å². The van der Waals surface area contributed by atoms with Crippen LogP contribution >= 0.6 is 11.3 Å². The predicted molar refractivity (Wildman–Crippen MR) is 112 cm³/mol. The molecule has 0 bridgehead atoms. The van der Waals surface area contributed by atoms with Crippen molar-refractivity contribution in [3.05, 3.63) is 46.3 Å². The normalized spacial score (nSPS) is 19.9. The topological polar surface area (TPSA) is 31.2 Å². The fraction of sp³-hybridized carbons (Fsp3) is 0.524. The van der Waals surface area contributed by atoms with Crippen LogP contribution in [-0.4, -0.2) is 49.8 Å². The molecule has 0 aliphatic carbocycles. The molecule has 1 fully saturated rings. The Balaban J connectivity index is 1.69. The second-order valence-corrected chi connectivity index (χ2v) is 8.30. The Bertz CT molecular complexity index is 726. The van der Waals surface area contributed by atoms with Crippen molar-refractivity contribution in [2.24, 2.45) is 16.1 Å². The Morgan fingerprint density at radius 2 is 2.15 bits per heavy atom. The highest BCUT2D eigenvalue weighted by molar-refractivity contribution is 7.14. The summed E-state index contributed by atoms with van der Waals surface area (Å²) in [5.41, 5.74) is 2.00. The quantitative estimate of drug-likeness (QED) is 0.583. The van der Waals surface area contributed by atoms with E-state index in [0.29, 0.717) is 13.1 Å². The molecule has 0 atom stereocenters. The lowest BCUT2D eigenvalue weighted by Crippen LogP contribution is -2.35. The van der Waals surface area contributed by atoms with Crippen LogP contribution in [0.5, 0.6) is 0 Å². The van der Waals surface area contributed by atoms with E-state index in [4.69, 9.17) is 0 Å². The van der Waals surface area contributed by atoms with Crippen molar-refractivity contribution in [1.29, 1.82) is 0 Å². The molecule has 27 heavy (non-hydrogen) atoms. The van der Waals surface area contributed by atoms with Crippen molar-refractivity contribution in [2.75, 3.05) is 40.0 Å². The van der Waals surface area contributed by atoms with Gasteiger partial charge in [0.2, 0.25) is 0 Å². The first-order valence-corrected chi connectivity index (χ1v) is 10.5. The third kappa shape index (κ3) is 5.59. The summed E-state index contributed by atoms with van der Waals surface area (Å²) in [7, 11) is 2.20. The zero-order valence-corrected chi connectivity index (χ0v) is 17.1. The summed E-state index contributed by atoms with van der Waals surface area (Å²) in [6, 6.07) is 4.19. The number of likely N-dealkylation sites (tertiary alicyclic amines) is 1. The molecule has 6 heteroatoms. The highest BCUT2D eigenvalue weighted by atomic mass is 32.1. The van der Waals surface area contributed by atoms with Gasteiger partial charge in [-0.3, -0.25) is 4.39 Å². The minimum atomic E-state index is -0.329. The molecular weight excluding hydrogens is 359 g/mol. The number of rotatable bonds is 7. The zero-order valence-electron chi connectivity index (χ0n) is 16.3. The lowest BCUT2D eigenvalue weighted by molar-refractivity contribution is 0.185. The number of azo groups is 1. The molecule has 0 radical (unpaired) electrons. The SMILES string of the molecule is C/C=C\C(=C/CCF)c1ccc(C2=CN(CC3CCN(C)CC3)CN=N2)s1. The van der Waals surface area contributed by atoms with Crippen LogP contribution in [0.15, 0.2) is 46.8 Å². The van der Waals surface area contributed by atoms with E-state index in [1.54, 1.807) is 11.3 Å². The Hall–Kier alpha value is -1.79. The average molecular weight is 389 g/mol. The molecule has 0 amide bonds. The van der Waals surface area contributed by atoms with Crippen LogP contribution in [-0.2, 0) is 0 Å². The molecule has 4 nitrogen and oxygen atoms in total. The van der Waals surface area contributed by atoms with Gasteiger partial charge in [0.05, 0.1) is 11.6 Å². The highest BCUT2D eigenvalue weighted by Gasteiger charge is 2.20. The van der Waals surface area contributed by atoms with E-state index in [2.05, 4.69) is 45.4 Å². The Morgan fingerprint density at radius 1 is 1.33 bits per heavy atom. The van der Waals surface area contributed by atoms with Crippen LogP contribution in [0.2, 0.25) is 0 Å². The summed E-state index contributed by atoms with van der Waals surface area (Å²) in [4.78, 5) is 6.95. The van der Waals surface area contributed by atoms with Crippen LogP contribution in [0.4, 0.5) is 4.39 Å². The van der Waals surface area contributed by atoms with Gasteiger partial charge in [0.1, 0.15) is 12.4 Å². The first-order chi connectivity index (χ1) is 13.2. The number of hydrogen-bond acceptors (Lipinski definition) is 5. The van der Waals surface area contributed by atoms with Gasteiger partial charge in [0.15, 0.2) is 0 Å².